The van der Waals surface area contributed by atoms with E-state index in [1.54, 1.807) is 0 Å². The Morgan fingerprint density at radius 2 is 1.50 bits per heavy atom. The lowest BCUT2D eigenvalue weighted by Gasteiger charge is -2.02. The molecular formula is C2H4Cl3P. The molecule has 38 valence electrons. The van der Waals surface area contributed by atoms with Gasteiger partial charge in [0.25, 0.3) is 0 Å². The first-order valence-corrected chi connectivity index (χ1v) is 3.28. The number of alkyl halides is 3. The maximum absolute atomic E-state index is 5.23. The topological polar surface area (TPSA) is 0 Å². The zero-order chi connectivity index (χ0) is 5.21. The Morgan fingerprint density at radius 1 is 1.33 bits per heavy atom. The van der Waals surface area contributed by atoms with E-state index in [1.807, 2.05) is 0 Å². The summed E-state index contributed by atoms with van der Waals surface area (Å²) >= 11 is 15.7. The molecule has 0 saturated heterocycles. The largest absolute Gasteiger partial charge is 0.194 e. The van der Waals surface area contributed by atoms with Gasteiger partial charge in [0.2, 0.25) is 0 Å². The summed E-state index contributed by atoms with van der Waals surface area (Å²) in [6.07, 6.45) is 0.484. The predicted octanol–water partition coefficient (Wildman–Crippen LogP) is 2.23. The standard InChI is InChI=1S/C2H4Cl3P/c3-2(4,5)1-6/h1,6H2. The lowest BCUT2D eigenvalue weighted by atomic mass is 10.9. The van der Waals surface area contributed by atoms with Gasteiger partial charge in [-0.15, -0.1) is 9.24 Å². The van der Waals surface area contributed by atoms with Gasteiger partial charge in [-0.2, -0.15) is 0 Å². The molecule has 0 fully saturated rings. The first-order valence-electron chi connectivity index (χ1n) is 1.33. The van der Waals surface area contributed by atoms with Gasteiger partial charge in [-0.25, -0.2) is 0 Å². The van der Waals surface area contributed by atoms with Crippen LogP contribution in [0, 0.1) is 0 Å². The van der Waals surface area contributed by atoms with Crippen LogP contribution < -0.4 is 0 Å². The van der Waals surface area contributed by atoms with Crippen molar-refractivity contribution >= 4 is 44.0 Å². The molecule has 0 aromatic heterocycles. The molecule has 0 aromatic carbocycles. The van der Waals surface area contributed by atoms with Gasteiger partial charge in [-0.3, -0.25) is 0 Å². The fourth-order valence-corrected chi connectivity index (χ4v) is 0. The van der Waals surface area contributed by atoms with Gasteiger partial charge in [0.15, 0.2) is 3.79 Å². The van der Waals surface area contributed by atoms with Crippen molar-refractivity contribution in [2.24, 2.45) is 0 Å². The summed E-state index contributed by atoms with van der Waals surface area (Å²) in [6, 6.07) is 0. The second-order valence-corrected chi connectivity index (χ2v) is 3.74. The van der Waals surface area contributed by atoms with Crippen molar-refractivity contribution in [1.82, 2.24) is 0 Å². The number of hydrogen-bond donors (Lipinski definition) is 0. The van der Waals surface area contributed by atoms with Crippen LogP contribution in [0.15, 0.2) is 0 Å². The van der Waals surface area contributed by atoms with Crippen LogP contribution in [-0.4, -0.2) is 9.95 Å². The van der Waals surface area contributed by atoms with Crippen molar-refractivity contribution in [2.75, 3.05) is 6.16 Å². The van der Waals surface area contributed by atoms with Gasteiger partial charge in [-0.05, 0) is 0 Å². The molecule has 0 aliphatic carbocycles. The Morgan fingerprint density at radius 3 is 1.50 bits per heavy atom. The van der Waals surface area contributed by atoms with Gasteiger partial charge in [0.05, 0.1) is 0 Å². The molecule has 1 unspecified atom stereocenters. The molecule has 0 saturated carbocycles. The number of rotatable bonds is 0. The zero-order valence-corrected chi connectivity index (χ0v) is 6.34. The fourth-order valence-electron chi connectivity index (χ4n) is 0. The molecule has 0 amide bonds. The van der Waals surface area contributed by atoms with E-state index < -0.39 is 3.79 Å². The highest BCUT2D eigenvalue weighted by atomic mass is 35.6. The van der Waals surface area contributed by atoms with Gasteiger partial charge >= 0.3 is 0 Å². The van der Waals surface area contributed by atoms with E-state index in [-0.39, 0.29) is 0 Å². The van der Waals surface area contributed by atoms with Crippen LogP contribution in [-0.2, 0) is 0 Å². The Hall–Kier alpha value is 1.30. The smallest absolute Gasteiger partial charge is 0.133 e. The molecule has 0 heterocycles. The minimum atomic E-state index is -1.08. The van der Waals surface area contributed by atoms with Crippen LogP contribution in [0.2, 0.25) is 0 Å². The molecule has 6 heavy (non-hydrogen) atoms. The van der Waals surface area contributed by atoms with E-state index in [4.69, 9.17) is 34.8 Å². The van der Waals surface area contributed by atoms with Crippen LogP contribution in [0.3, 0.4) is 0 Å². The third-order valence-electron chi connectivity index (χ3n) is 0.231. The molecule has 0 rings (SSSR count). The SMILES string of the molecule is PCC(Cl)(Cl)Cl. The molecule has 0 aromatic rings. The lowest BCUT2D eigenvalue weighted by molar-refractivity contribution is 1.29. The first kappa shape index (κ1) is 7.30. The predicted molar refractivity (Wildman–Crippen MR) is 34.9 cm³/mol. The Bertz CT molecular complexity index is 38.5. The van der Waals surface area contributed by atoms with Crippen molar-refractivity contribution in [3.05, 3.63) is 0 Å². The van der Waals surface area contributed by atoms with Gasteiger partial charge in [0.1, 0.15) is 0 Å². The number of halogens is 3. The minimum absolute atomic E-state index is 0.484. The third kappa shape index (κ3) is 5.30. The Labute approximate surface area is 54.3 Å². The molecule has 1 atom stereocenters. The quantitative estimate of drug-likeness (QED) is 0.381. The Kier molecular flexibility index (Phi) is 3.13. The third-order valence-corrected chi connectivity index (χ3v) is 2.08. The first-order chi connectivity index (χ1) is 2.56. The minimum Gasteiger partial charge on any atom is -0.133 e. The summed E-state index contributed by atoms with van der Waals surface area (Å²) < 4.78 is -1.08. The molecule has 4 heteroatoms. The molecule has 0 bridgehead atoms. The number of hydrogen-bond acceptors (Lipinski definition) is 0. The van der Waals surface area contributed by atoms with E-state index in [1.165, 1.54) is 0 Å². The molecule has 0 spiro atoms. The molecule has 0 radical (unpaired) electrons. The van der Waals surface area contributed by atoms with E-state index in [0.717, 1.165) is 0 Å². The van der Waals surface area contributed by atoms with E-state index in [0.29, 0.717) is 6.16 Å². The molecule has 0 aliphatic heterocycles. The molecular weight excluding hydrogens is 161 g/mol. The molecule has 0 N–H and O–H groups in total. The van der Waals surface area contributed by atoms with E-state index in [9.17, 15) is 0 Å². The van der Waals surface area contributed by atoms with Gasteiger partial charge in [0, 0.05) is 6.16 Å². The van der Waals surface area contributed by atoms with Crippen LogP contribution in [0.1, 0.15) is 0 Å². The highest BCUT2D eigenvalue weighted by Gasteiger charge is 2.14. The summed E-state index contributed by atoms with van der Waals surface area (Å²) in [5.74, 6) is 0. The molecule has 0 aliphatic rings. The maximum atomic E-state index is 5.23. The average molecular weight is 165 g/mol. The van der Waals surface area contributed by atoms with Crippen molar-refractivity contribution < 1.29 is 0 Å². The zero-order valence-electron chi connectivity index (χ0n) is 2.92. The lowest BCUT2D eigenvalue weighted by Crippen LogP contribution is -2.00. The van der Waals surface area contributed by atoms with Crippen LogP contribution in [0.25, 0.3) is 0 Å². The fraction of sp³-hybridized carbons (Fsp3) is 1.00. The summed E-state index contributed by atoms with van der Waals surface area (Å²) in [5.41, 5.74) is 0. The van der Waals surface area contributed by atoms with Gasteiger partial charge in [-0.1, -0.05) is 34.8 Å². The monoisotopic (exact) mass is 164 g/mol. The van der Waals surface area contributed by atoms with Crippen molar-refractivity contribution in [2.45, 2.75) is 3.79 Å². The summed E-state index contributed by atoms with van der Waals surface area (Å²) in [5, 5.41) is 0. The van der Waals surface area contributed by atoms with Crippen molar-refractivity contribution in [1.29, 1.82) is 0 Å². The van der Waals surface area contributed by atoms with Crippen molar-refractivity contribution in [3.8, 4) is 0 Å². The van der Waals surface area contributed by atoms with Crippen LogP contribution in [0.4, 0.5) is 0 Å². The summed E-state index contributed by atoms with van der Waals surface area (Å²) in [7, 11) is 2.33. The van der Waals surface area contributed by atoms with Crippen LogP contribution >= 0.6 is 44.0 Å². The van der Waals surface area contributed by atoms with Crippen LogP contribution in [0.5, 0.6) is 0 Å². The molecule has 0 nitrogen and oxygen atoms in total. The average Bonchev–Trinajstić information content (AvgIpc) is 1.35. The summed E-state index contributed by atoms with van der Waals surface area (Å²) in [6.45, 7) is 0. The summed E-state index contributed by atoms with van der Waals surface area (Å²) in [4.78, 5) is 0. The van der Waals surface area contributed by atoms with Crippen molar-refractivity contribution in [3.63, 3.8) is 0 Å². The highest BCUT2D eigenvalue weighted by Crippen LogP contribution is 2.27. The second kappa shape index (κ2) is 2.57. The van der Waals surface area contributed by atoms with Gasteiger partial charge < -0.3 is 0 Å². The highest BCUT2D eigenvalue weighted by molar-refractivity contribution is 7.17. The normalized spacial score (nSPS) is 12.0. The van der Waals surface area contributed by atoms with E-state index in [2.05, 4.69) is 9.24 Å². The van der Waals surface area contributed by atoms with E-state index >= 15 is 0 Å². The Balaban J connectivity index is 3.17. The second-order valence-electron chi connectivity index (χ2n) is 0.819. The maximum Gasteiger partial charge on any atom is 0.194 e.